The second kappa shape index (κ2) is 4.87. The maximum Gasteiger partial charge on any atom is 0.181 e. The zero-order valence-corrected chi connectivity index (χ0v) is 11.3. The third-order valence-electron chi connectivity index (χ3n) is 3.70. The molecule has 2 atom stereocenters. The van der Waals surface area contributed by atoms with Crippen LogP contribution in [0, 0.1) is 23.0 Å². The van der Waals surface area contributed by atoms with E-state index < -0.39 is 11.6 Å². The van der Waals surface area contributed by atoms with Gasteiger partial charge in [0.1, 0.15) is 0 Å². The fraction of sp³-hybridized carbons (Fsp3) is 0.600. The first kappa shape index (κ1) is 13.3. The van der Waals surface area contributed by atoms with Crippen molar-refractivity contribution >= 4 is 5.69 Å². The quantitative estimate of drug-likeness (QED) is 0.812. The summed E-state index contributed by atoms with van der Waals surface area (Å²) in [7, 11) is 0. The molecule has 0 saturated heterocycles. The largest absolute Gasteiger partial charge is 0.380 e. The van der Waals surface area contributed by atoms with Gasteiger partial charge in [-0.2, -0.15) is 0 Å². The van der Waals surface area contributed by atoms with Crippen molar-refractivity contribution in [2.24, 2.45) is 11.3 Å². The lowest BCUT2D eigenvalue weighted by Crippen LogP contribution is -2.35. The van der Waals surface area contributed by atoms with Crippen LogP contribution < -0.4 is 5.32 Å². The van der Waals surface area contributed by atoms with Crippen molar-refractivity contribution in [1.29, 1.82) is 0 Å². The molecule has 1 aromatic rings. The molecule has 1 nitrogen and oxygen atoms in total. The van der Waals surface area contributed by atoms with Gasteiger partial charge in [0.05, 0.1) is 5.69 Å². The summed E-state index contributed by atoms with van der Waals surface area (Å²) in [5.74, 6) is -0.945. The van der Waals surface area contributed by atoms with Crippen molar-refractivity contribution in [3.05, 3.63) is 29.8 Å². The van der Waals surface area contributed by atoms with Crippen LogP contribution in [0.5, 0.6) is 0 Å². The Morgan fingerprint density at radius 2 is 1.94 bits per heavy atom. The van der Waals surface area contributed by atoms with Crippen LogP contribution >= 0.6 is 0 Å². The molecule has 2 unspecified atom stereocenters. The molecule has 1 saturated carbocycles. The Labute approximate surface area is 108 Å². The Bertz CT molecular complexity index is 429. The van der Waals surface area contributed by atoms with E-state index in [0.717, 1.165) is 18.9 Å². The minimum absolute atomic E-state index is 0.222. The molecule has 1 aliphatic rings. The molecule has 18 heavy (non-hydrogen) atoms. The normalized spacial score (nSPS) is 26.9. The summed E-state index contributed by atoms with van der Waals surface area (Å²) in [5, 5.41) is 3.16. The van der Waals surface area contributed by atoms with E-state index in [1.165, 1.54) is 12.5 Å². The average Bonchev–Trinajstić information content (AvgIpc) is 2.22. The van der Waals surface area contributed by atoms with Crippen molar-refractivity contribution in [3.63, 3.8) is 0 Å². The summed E-state index contributed by atoms with van der Waals surface area (Å²) in [6, 6.07) is 4.51. The predicted molar refractivity (Wildman–Crippen MR) is 70.6 cm³/mol. The van der Waals surface area contributed by atoms with Crippen molar-refractivity contribution in [2.75, 3.05) is 5.32 Å². The minimum atomic E-state index is -0.789. The van der Waals surface area contributed by atoms with E-state index in [2.05, 4.69) is 26.1 Å². The van der Waals surface area contributed by atoms with Crippen LogP contribution in [0.1, 0.15) is 40.0 Å². The van der Waals surface area contributed by atoms with Gasteiger partial charge in [0.25, 0.3) is 0 Å². The number of rotatable bonds is 2. The van der Waals surface area contributed by atoms with Gasteiger partial charge in [-0.15, -0.1) is 0 Å². The second-order valence-corrected chi connectivity index (χ2v) is 6.36. The fourth-order valence-corrected chi connectivity index (χ4v) is 3.29. The molecule has 100 valence electrons. The second-order valence-electron chi connectivity index (χ2n) is 6.36. The lowest BCUT2D eigenvalue weighted by atomic mass is 9.70. The van der Waals surface area contributed by atoms with Crippen molar-refractivity contribution in [3.8, 4) is 0 Å². The third-order valence-corrected chi connectivity index (χ3v) is 3.70. The average molecular weight is 253 g/mol. The number of benzene rings is 1. The van der Waals surface area contributed by atoms with Crippen LogP contribution in [0.4, 0.5) is 14.5 Å². The van der Waals surface area contributed by atoms with E-state index in [9.17, 15) is 8.78 Å². The lowest BCUT2D eigenvalue weighted by Gasteiger charge is -2.39. The number of hydrogen-bond donors (Lipinski definition) is 1. The van der Waals surface area contributed by atoms with E-state index in [1.807, 2.05) is 0 Å². The van der Waals surface area contributed by atoms with Gasteiger partial charge in [-0.3, -0.25) is 0 Å². The molecule has 0 spiro atoms. The van der Waals surface area contributed by atoms with E-state index in [1.54, 1.807) is 6.07 Å². The van der Waals surface area contributed by atoms with Crippen LogP contribution in [0.3, 0.4) is 0 Å². The predicted octanol–water partition coefficient (Wildman–Crippen LogP) is 4.59. The maximum absolute atomic E-state index is 13.6. The zero-order valence-electron chi connectivity index (χ0n) is 11.3. The highest BCUT2D eigenvalue weighted by molar-refractivity contribution is 5.46. The van der Waals surface area contributed by atoms with Gasteiger partial charge in [-0.05, 0) is 42.7 Å². The number of halogens is 2. The third kappa shape index (κ3) is 3.01. The van der Waals surface area contributed by atoms with Gasteiger partial charge < -0.3 is 5.32 Å². The van der Waals surface area contributed by atoms with Crippen molar-refractivity contribution < 1.29 is 8.78 Å². The maximum atomic E-state index is 13.6. The summed E-state index contributed by atoms with van der Waals surface area (Å²) < 4.78 is 26.8. The van der Waals surface area contributed by atoms with E-state index in [-0.39, 0.29) is 17.1 Å². The van der Waals surface area contributed by atoms with Gasteiger partial charge in [-0.25, -0.2) is 8.78 Å². The van der Waals surface area contributed by atoms with Crippen LogP contribution in [0.2, 0.25) is 0 Å². The molecule has 1 fully saturated rings. The minimum Gasteiger partial charge on any atom is -0.380 e. The lowest BCUT2D eigenvalue weighted by molar-refractivity contribution is 0.177. The highest BCUT2D eigenvalue weighted by Crippen LogP contribution is 2.39. The van der Waals surface area contributed by atoms with Crippen LogP contribution in [-0.2, 0) is 0 Å². The first-order chi connectivity index (χ1) is 8.37. The topological polar surface area (TPSA) is 12.0 Å². The van der Waals surface area contributed by atoms with Crippen LogP contribution in [-0.4, -0.2) is 6.04 Å². The molecule has 0 bridgehead atoms. The van der Waals surface area contributed by atoms with Crippen molar-refractivity contribution in [2.45, 2.75) is 46.1 Å². The molecule has 0 amide bonds. The Morgan fingerprint density at radius 1 is 1.22 bits per heavy atom. The van der Waals surface area contributed by atoms with Gasteiger partial charge in [-0.1, -0.05) is 26.8 Å². The summed E-state index contributed by atoms with van der Waals surface area (Å²) in [5.41, 5.74) is 0.545. The highest BCUT2D eigenvalue weighted by Gasteiger charge is 2.32. The molecular formula is C15H21F2N. The molecular weight excluding hydrogens is 232 g/mol. The summed E-state index contributed by atoms with van der Waals surface area (Å²) in [6.07, 6.45) is 3.20. The van der Waals surface area contributed by atoms with E-state index in [4.69, 9.17) is 0 Å². The Morgan fingerprint density at radius 3 is 2.61 bits per heavy atom. The summed E-state index contributed by atoms with van der Waals surface area (Å²) in [4.78, 5) is 0. The summed E-state index contributed by atoms with van der Waals surface area (Å²) in [6.45, 7) is 6.69. The molecule has 0 aliphatic heterocycles. The van der Waals surface area contributed by atoms with Gasteiger partial charge in [0.15, 0.2) is 11.6 Å². The summed E-state index contributed by atoms with van der Waals surface area (Å²) >= 11 is 0. The van der Waals surface area contributed by atoms with Gasteiger partial charge in [0, 0.05) is 6.04 Å². The van der Waals surface area contributed by atoms with Gasteiger partial charge >= 0.3 is 0 Å². The SMILES string of the molecule is CC1CC(Nc2cccc(F)c2F)CC(C)(C)C1. The van der Waals surface area contributed by atoms with Crippen LogP contribution in [0.15, 0.2) is 18.2 Å². The first-order valence-corrected chi connectivity index (χ1v) is 6.58. The standard InChI is InChI=1S/C15H21F2N/c1-10-7-11(9-15(2,3)8-10)18-13-6-4-5-12(16)14(13)17/h4-6,10-11,18H,7-9H2,1-3H3. The molecule has 0 aromatic heterocycles. The van der Waals surface area contributed by atoms with Gasteiger partial charge in [0.2, 0.25) is 0 Å². The van der Waals surface area contributed by atoms with Crippen molar-refractivity contribution in [1.82, 2.24) is 0 Å². The monoisotopic (exact) mass is 253 g/mol. The number of anilines is 1. The number of hydrogen-bond acceptors (Lipinski definition) is 1. The molecule has 3 heteroatoms. The molecule has 1 aliphatic carbocycles. The van der Waals surface area contributed by atoms with E-state index >= 15 is 0 Å². The molecule has 0 heterocycles. The first-order valence-electron chi connectivity index (χ1n) is 6.58. The number of nitrogens with one attached hydrogen (secondary N) is 1. The Kier molecular flexibility index (Phi) is 3.60. The zero-order chi connectivity index (χ0) is 13.3. The molecule has 2 rings (SSSR count). The highest BCUT2D eigenvalue weighted by atomic mass is 19.2. The smallest absolute Gasteiger partial charge is 0.181 e. The molecule has 1 N–H and O–H groups in total. The van der Waals surface area contributed by atoms with Crippen LogP contribution in [0.25, 0.3) is 0 Å². The fourth-order valence-electron chi connectivity index (χ4n) is 3.29. The molecule has 1 aromatic carbocycles. The molecule has 0 radical (unpaired) electrons. The Hall–Kier alpha value is -1.12. The van der Waals surface area contributed by atoms with E-state index in [0.29, 0.717) is 5.92 Å². The Balaban J connectivity index is 2.11.